The zero-order valence-corrected chi connectivity index (χ0v) is 16.6. The molecule has 0 radical (unpaired) electrons. The van der Waals surface area contributed by atoms with Gasteiger partial charge in [-0.25, -0.2) is 0 Å². The van der Waals surface area contributed by atoms with Crippen LogP contribution >= 0.6 is 11.6 Å². The molecule has 0 saturated heterocycles. The molecule has 2 heterocycles. The highest BCUT2D eigenvalue weighted by atomic mass is 35.5. The molecule has 0 spiro atoms. The molecule has 2 N–H and O–H groups in total. The number of imide groups is 1. The van der Waals surface area contributed by atoms with E-state index in [2.05, 4.69) is 10.3 Å². The molecule has 4 rings (SSSR count). The van der Waals surface area contributed by atoms with Crippen LogP contribution in [0.3, 0.4) is 0 Å². The van der Waals surface area contributed by atoms with Crippen molar-refractivity contribution in [2.24, 2.45) is 0 Å². The topological polar surface area (TPSA) is 99.3 Å². The number of anilines is 1. The maximum atomic E-state index is 13.0. The van der Waals surface area contributed by atoms with Crippen molar-refractivity contribution < 1.29 is 19.2 Å². The smallest absolute Gasteiger partial charge is 0.262 e. The number of aromatic amines is 1. The Labute approximate surface area is 176 Å². The number of H-pyrrole nitrogens is 1. The first-order chi connectivity index (χ1) is 14.4. The molecule has 2 aromatic carbocycles. The molecule has 1 aliphatic rings. The lowest BCUT2D eigenvalue weighted by molar-refractivity contribution is -0.116. The molecule has 8 heteroatoms. The van der Waals surface area contributed by atoms with Crippen molar-refractivity contribution in [1.82, 2.24) is 9.88 Å². The Morgan fingerprint density at radius 3 is 2.23 bits per heavy atom. The minimum absolute atomic E-state index is 0.249. The van der Waals surface area contributed by atoms with Gasteiger partial charge in [0.1, 0.15) is 6.54 Å². The molecule has 3 aromatic rings. The van der Waals surface area contributed by atoms with Gasteiger partial charge in [-0.2, -0.15) is 0 Å². The summed E-state index contributed by atoms with van der Waals surface area (Å²) >= 11 is 6.14. The third-order valence-corrected chi connectivity index (χ3v) is 5.21. The van der Waals surface area contributed by atoms with E-state index >= 15 is 0 Å². The fourth-order valence-electron chi connectivity index (χ4n) is 3.41. The van der Waals surface area contributed by atoms with Gasteiger partial charge in [0, 0.05) is 17.5 Å². The second kappa shape index (κ2) is 7.61. The summed E-state index contributed by atoms with van der Waals surface area (Å²) in [6.45, 7) is 1.24. The van der Waals surface area contributed by atoms with Crippen molar-refractivity contribution >= 4 is 40.8 Å². The summed E-state index contributed by atoms with van der Waals surface area (Å²) in [5.41, 5.74) is 1.90. The minimum atomic E-state index is -0.600. The Morgan fingerprint density at radius 1 is 1.00 bits per heavy atom. The van der Waals surface area contributed by atoms with E-state index in [9.17, 15) is 19.2 Å². The fourth-order valence-corrected chi connectivity index (χ4v) is 3.64. The number of halogens is 1. The summed E-state index contributed by atoms with van der Waals surface area (Å²) in [4.78, 5) is 54.3. The van der Waals surface area contributed by atoms with Crippen LogP contribution in [0.1, 0.15) is 42.3 Å². The predicted molar refractivity (Wildman–Crippen MR) is 111 cm³/mol. The van der Waals surface area contributed by atoms with E-state index in [4.69, 9.17) is 11.6 Å². The van der Waals surface area contributed by atoms with Gasteiger partial charge in [-0.05, 0) is 31.2 Å². The largest absolute Gasteiger partial charge is 0.363 e. The molecule has 0 fully saturated rings. The number of amides is 3. The monoisotopic (exact) mass is 421 g/mol. The standard InChI is InChI=1S/C22H16ClN3O4/c1-12-19(20(28)15-8-4-5-9-16(15)23)17(10-24-12)25-18(27)11-26-21(29)13-6-2-3-7-14(13)22(26)30/h2-10,24H,11H2,1H3,(H,25,27). The van der Waals surface area contributed by atoms with Crippen molar-refractivity contribution in [3.05, 3.63) is 87.7 Å². The Kier molecular flexibility index (Phi) is 4.97. The van der Waals surface area contributed by atoms with Gasteiger partial charge in [0.15, 0.2) is 5.78 Å². The zero-order chi connectivity index (χ0) is 21.4. The number of aryl methyl sites for hydroxylation is 1. The van der Waals surface area contributed by atoms with Crippen LogP contribution < -0.4 is 5.32 Å². The molecule has 0 atom stereocenters. The summed E-state index contributed by atoms with van der Waals surface area (Å²) in [7, 11) is 0. The Hall–Kier alpha value is -3.71. The van der Waals surface area contributed by atoms with Gasteiger partial charge in [-0.3, -0.25) is 24.1 Å². The van der Waals surface area contributed by atoms with Crippen LogP contribution in [-0.4, -0.2) is 39.9 Å². The van der Waals surface area contributed by atoms with Gasteiger partial charge in [0.2, 0.25) is 5.91 Å². The maximum Gasteiger partial charge on any atom is 0.262 e. The van der Waals surface area contributed by atoms with E-state index in [1.807, 2.05) is 0 Å². The van der Waals surface area contributed by atoms with Gasteiger partial charge in [0.25, 0.3) is 11.8 Å². The van der Waals surface area contributed by atoms with Crippen LogP contribution in [0, 0.1) is 6.92 Å². The van der Waals surface area contributed by atoms with E-state index in [0.717, 1.165) is 4.90 Å². The molecule has 3 amide bonds. The number of nitrogens with one attached hydrogen (secondary N) is 2. The predicted octanol–water partition coefficient (Wildman–Crippen LogP) is 3.44. The average Bonchev–Trinajstić information content (AvgIpc) is 3.21. The second-order valence-corrected chi connectivity index (χ2v) is 7.21. The number of aromatic nitrogens is 1. The van der Waals surface area contributed by atoms with Crippen molar-refractivity contribution in [1.29, 1.82) is 0 Å². The molecule has 0 saturated carbocycles. The minimum Gasteiger partial charge on any atom is -0.363 e. The number of rotatable bonds is 5. The van der Waals surface area contributed by atoms with Crippen molar-refractivity contribution in [3.8, 4) is 0 Å². The van der Waals surface area contributed by atoms with Gasteiger partial charge in [-0.1, -0.05) is 35.9 Å². The molecule has 150 valence electrons. The van der Waals surface area contributed by atoms with Crippen LogP contribution in [0.15, 0.2) is 54.7 Å². The van der Waals surface area contributed by atoms with Crippen molar-refractivity contribution in [2.45, 2.75) is 6.92 Å². The molecule has 1 aliphatic heterocycles. The zero-order valence-electron chi connectivity index (χ0n) is 15.9. The number of ketones is 1. The van der Waals surface area contributed by atoms with Crippen LogP contribution in [0.5, 0.6) is 0 Å². The average molecular weight is 422 g/mol. The third-order valence-electron chi connectivity index (χ3n) is 4.88. The van der Waals surface area contributed by atoms with Crippen molar-refractivity contribution in [3.63, 3.8) is 0 Å². The number of fused-ring (bicyclic) bond motifs is 1. The van der Waals surface area contributed by atoms with Crippen molar-refractivity contribution in [2.75, 3.05) is 11.9 Å². The number of hydrogen-bond acceptors (Lipinski definition) is 4. The lowest BCUT2D eigenvalue weighted by Crippen LogP contribution is -2.37. The summed E-state index contributed by atoms with van der Waals surface area (Å²) in [6, 6.07) is 13.0. The SMILES string of the molecule is Cc1[nH]cc(NC(=O)CN2C(=O)c3ccccc3C2=O)c1C(=O)c1ccccc1Cl. The first-order valence-corrected chi connectivity index (χ1v) is 9.48. The van der Waals surface area contributed by atoms with Gasteiger partial charge >= 0.3 is 0 Å². The Morgan fingerprint density at radius 2 is 1.60 bits per heavy atom. The van der Waals surface area contributed by atoms with E-state index in [-0.39, 0.29) is 28.2 Å². The number of carbonyl (C=O) groups excluding carboxylic acids is 4. The van der Waals surface area contributed by atoms with E-state index in [1.54, 1.807) is 55.5 Å². The van der Waals surface area contributed by atoms with E-state index in [0.29, 0.717) is 16.3 Å². The molecular weight excluding hydrogens is 406 g/mol. The third kappa shape index (κ3) is 3.29. The lowest BCUT2D eigenvalue weighted by Gasteiger charge is -2.14. The van der Waals surface area contributed by atoms with Gasteiger partial charge < -0.3 is 10.3 Å². The molecule has 0 bridgehead atoms. The van der Waals surface area contributed by atoms with E-state index < -0.39 is 24.3 Å². The summed E-state index contributed by atoms with van der Waals surface area (Å²) in [6.07, 6.45) is 1.49. The number of benzene rings is 2. The molecule has 1 aromatic heterocycles. The molecule has 7 nitrogen and oxygen atoms in total. The first kappa shape index (κ1) is 19.6. The van der Waals surface area contributed by atoms with Crippen LogP contribution in [0.2, 0.25) is 5.02 Å². The van der Waals surface area contributed by atoms with Gasteiger partial charge in [0.05, 0.1) is 27.4 Å². The Balaban J connectivity index is 1.54. The molecule has 0 unspecified atom stereocenters. The number of carbonyl (C=O) groups is 4. The maximum absolute atomic E-state index is 13.0. The normalized spacial score (nSPS) is 12.8. The summed E-state index contributed by atoms with van der Waals surface area (Å²) < 4.78 is 0. The molecule has 30 heavy (non-hydrogen) atoms. The summed E-state index contributed by atoms with van der Waals surface area (Å²) in [5.74, 6) is -2.00. The quantitative estimate of drug-likeness (QED) is 0.487. The van der Waals surface area contributed by atoms with Crippen LogP contribution in [0.25, 0.3) is 0 Å². The molecule has 0 aliphatic carbocycles. The summed E-state index contributed by atoms with van der Waals surface area (Å²) in [5, 5.41) is 2.91. The lowest BCUT2D eigenvalue weighted by atomic mass is 10.0. The van der Waals surface area contributed by atoms with Gasteiger partial charge in [-0.15, -0.1) is 0 Å². The molecular formula is C22H16ClN3O4. The highest BCUT2D eigenvalue weighted by molar-refractivity contribution is 6.35. The van der Waals surface area contributed by atoms with Crippen LogP contribution in [-0.2, 0) is 4.79 Å². The Bertz CT molecular complexity index is 1180. The first-order valence-electron chi connectivity index (χ1n) is 9.10. The highest BCUT2D eigenvalue weighted by Gasteiger charge is 2.36. The second-order valence-electron chi connectivity index (χ2n) is 6.80. The fraction of sp³-hybridized carbons (Fsp3) is 0.0909. The number of hydrogen-bond donors (Lipinski definition) is 2. The number of nitrogens with zero attached hydrogens (tertiary/aromatic N) is 1. The highest BCUT2D eigenvalue weighted by Crippen LogP contribution is 2.27. The van der Waals surface area contributed by atoms with Crippen LogP contribution in [0.4, 0.5) is 5.69 Å². The van der Waals surface area contributed by atoms with E-state index in [1.165, 1.54) is 6.20 Å².